The molecule has 1 aromatic rings. The Morgan fingerprint density at radius 1 is 1.53 bits per heavy atom. The molecule has 1 aliphatic rings. The van der Waals surface area contributed by atoms with Crippen molar-refractivity contribution in [3.8, 4) is 5.75 Å². The number of thiocarbonyl (C=S) groups is 1. The number of amides is 1. The summed E-state index contributed by atoms with van der Waals surface area (Å²) in [5.41, 5.74) is 0.584. The SMILES string of the molecule is C=CCN1C(=O)/C(=C/c2cccc(O)c2Cl)SC1=S. The Morgan fingerprint density at radius 2 is 2.26 bits per heavy atom. The maximum Gasteiger partial charge on any atom is 0.266 e. The van der Waals surface area contributed by atoms with E-state index in [4.69, 9.17) is 23.8 Å². The van der Waals surface area contributed by atoms with Gasteiger partial charge in [-0.1, -0.05) is 53.8 Å². The van der Waals surface area contributed by atoms with Crippen LogP contribution in [0.1, 0.15) is 5.56 Å². The van der Waals surface area contributed by atoms with E-state index in [-0.39, 0.29) is 16.7 Å². The van der Waals surface area contributed by atoms with Crippen molar-refractivity contribution in [2.24, 2.45) is 0 Å². The highest BCUT2D eigenvalue weighted by Gasteiger charge is 2.31. The number of hydrogen-bond donors (Lipinski definition) is 1. The first-order valence-corrected chi connectivity index (χ1v) is 6.98. The molecule has 0 atom stereocenters. The van der Waals surface area contributed by atoms with Gasteiger partial charge in [-0.15, -0.1) is 6.58 Å². The second-order valence-corrected chi connectivity index (χ2v) is 5.82. The lowest BCUT2D eigenvalue weighted by atomic mass is 10.2. The summed E-state index contributed by atoms with van der Waals surface area (Å²) in [5, 5.41) is 9.74. The number of nitrogens with zero attached hydrogens (tertiary/aromatic N) is 1. The highest BCUT2D eigenvalue weighted by molar-refractivity contribution is 8.26. The Labute approximate surface area is 125 Å². The molecule has 98 valence electrons. The molecule has 0 aromatic heterocycles. The van der Waals surface area contributed by atoms with Gasteiger partial charge >= 0.3 is 0 Å². The van der Waals surface area contributed by atoms with Crippen LogP contribution in [0.5, 0.6) is 5.75 Å². The molecule has 1 N–H and O–H groups in total. The third kappa shape index (κ3) is 2.83. The fraction of sp³-hybridized carbons (Fsp3) is 0.0769. The van der Waals surface area contributed by atoms with Crippen LogP contribution >= 0.6 is 35.6 Å². The van der Waals surface area contributed by atoms with E-state index in [0.717, 1.165) is 0 Å². The third-order valence-corrected chi connectivity index (χ3v) is 4.27. The standard InChI is InChI=1S/C13H10ClNO2S2/c1-2-6-15-12(17)10(19-13(15)18)7-8-4-3-5-9(16)11(8)14/h2-5,7,16H,1,6H2/b10-7-. The van der Waals surface area contributed by atoms with Crippen LogP contribution in [-0.4, -0.2) is 26.8 Å². The number of hydrogen-bond acceptors (Lipinski definition) is 4. The monoisotopic (exact) mass is 311 g/mol. The second kappa shape index (κ2) is 5.77. The first-order chi connectivity index (χ1) is 9.04. The Balaban J connectivity index is 2.35. The maximum absolute atomic E-state index is 12.1. The van der Waals surface area contributed by atoms with Gasteiger partial charge in [0, 0.05) is 6.54 Å². The van der Waals surface area contributed by atoms with E-state index in [2.05, 4.69) is 6.58 Å². The van der Waals surface area contributed by atoms with Crippen LogP contribution in [0.4, 0.5) is 0 Å². The molecule has 6 heteroatoms. The summed E-state index contributed by atoms with van der Waals surface area (Å²) in [6, 6.07) is 4.88. The van der Waals surface area contributed by atoms with Crippen molar-refractivity contribution in [2.45, 2.75) is 0 Å². The van der Waals surface area contributed by atoms with Gasteiger partial charge in [0.05, 0.1) is 9.93 Å². The van der Waals surface area contributed by atoms with E-state index >= 15 is 0 Å². The topological polar surface area (TPSA) is 40.5 Å². The quantitative estimate of drug-likeness (QED) is 0.527. The Hall–Kier alpha value is -1.30. The fourth-order valence-electron chi connectivity index (χ4n) is 1.58. The molecule has 19 heavy (non-hydrogen) atoms. The molecule has 0 bridgehead atoms. The summed E-state index contributed by atoms with van der Waals surface area (Å²) in [4.78, 5) is 14.1. The van der Waals surface area contributed by atoms with Crippen LogP contribution in [0.15, 0.2) is 35.8 Å². The molecule has 0 saturated carbocycles. The predicted molar refractivity (Wildman–Crippen MR) is 83.2 cm³/mol. The number of rotatable bonds is 3. The van der Waals surface area contributed by atoms with Crippen molar-refractivity contribution >= 4 is 51.9 Å². The first-order valence-electron chi connectivity index (χ1n) is 5.38. The van der Waals surface area contributed by atoms with Crippen molar-refractivity contribution in [3.05, 3.63) is 46.3 Å². The van der Waals surface area contributed by atoms with Crippen LogP contribution < -0.4 is 0 Å². The second-order valence-electron chi connectivity index (χ2n) is 3.76. The number of benzene rings is 1. The zero-order valence-corrected chi connectivity index (χ0v) is 12.2. The lowest BCUT2D eigenvalue weighted by Crippen LogP contribution is -2.27. The van der Waals surface area contributed by atoms with Gasteiger partial charge in [-0.25, -0.2) is 0 Å². The number of aromatic hydroxyl groups is 1. The van der Waals surface area contributed by atoms with Gasteiger partial charge < -0.3 is 5.11 Å². The van der Waals surface area contributed by atoms with Crippen LogP contribution in [0, 0.1) is 0 Å². The number of phenols is 1. The maximum atomic E-state index is 12.1. The van der Waals surface area contributed by atoms with Crippen LogP contribution in [0.2, 0.25) is 5.02 Å². The summed E-state index contributed by atoms with van der Waals surface area (Å²) >= 11 is 12.3. The molecule has 1 saturated heterocycles. The lowest BCUT2D eigenvalue weighted by Gasteiger charge is -2.10. The Kier molecular flexibility index (Phi) is 4.29. The third-order valence-electron chi connectivity index (χ3n) is 2.48. The predicted octanol–water partition coefficient (Wildman–Crippen LogP) is 3.43. The van der Waals surface area contributed by atoms with Gasteiger partial charge in [0.2, 0.25) is 0 Å². The fourth-order valence-corrected chi connectivity index (χ4v) is 3.02. The number of phenolic OH excluding ortho intramolecular Hbond substituents is 1. The minimum absolute atomic E-state index is 0.0167. The highest BCUT2D eigenvalue weighted by Crippen LogP contribution is 2.35. The van der Waals surface area contributed by atoms with E-state index < -0.39 is 0 Å². The molecular weight excluding hydrogens is 302 g/mol. The van der Waals surface area contributed by atoms with Gasteiger partial charge in [0.15, 0.2) is 0 Å². The van der Waals surface area contributed by atoms with Gasteiger partial charge in [-0.05, 0) is 17.7 Å². The van der Waals surface area contributed by atoms with Crippen molar-refractivity contribution in [2.75, 3.05) is 6.54 Å². The van der Waals surface area contributed by atoms with E-state index in [9.17, 15) is 9.90 Å². The summed E-state index contributed by atoms with van der Waals surface area (Å²) in [5.74, 6) is -0.189. The summed E-state index contributed by atoms with van der Waals surface area (Å²) in [6.45, 7) is 3.98. The average molecular weight is 312 g/mol. The molecule has 0 aliphatic carbocycles. The van der Waals surface area contributed by atoms with Gasteiger partial charge in [-0.2, -0.15) is 0 Å². The van der Waals surface area contributed by atoms with Crippen LogP contribution in [0.25, 0.3) is 6.08 Å². The number of carbonyl (C=O) groups excluding carboxylic acids is 1. The number of halogens is 1. The van der Waals surface area contributed by atoms with Gasteiger partial charge in [0.1, 0.15) is 10.1 Å². The largest absolute Gasteiger partial charge is 0.506 e. The van der Waals surface area contributed by atoms with Crippen molar-refractivity contribution in [3.63, 3.8) is 0 Å². The van der Waals surface area contributed by atoms with E-state index in [1.165, 1.54) is 22.7 Å². The molecule has 0 unspecified atom stereocenters. The number of thioether (sulfide) groups is 1. The molecule has 0 spiro atoms. The molecule has 1 fully saturated rings. The van der Waals surface area contributed by atoms with Crippen molar-refractivity contribution in [1.29, 1.82) is 0 Å². The number of carbonyl (C=O) groups is 1. The molecule has 1 amide bonds. The van der Waals surface area contributed by atoms with Crippen LogP contribution in [0.3, 0.4) is 0 Å². The summed E-state index contributed by atoms with van der Waals surface area (Å²) in [7, 11) is 0. The molecule has 3 nitrogen and oxygen atoms in total. The van der Waals surface area contributed by atoms with E-state index in [0.29, 0.717) is 21.3 Å². The zero-order chi connectivity index (χ0) is 14.0. The minimum atomic E-state index is -0.172. The lowest BCUT2D eigenvalue weighted by molar-refractivity contribution is -0.121. The van der Waals surface area contributed by atoms with Gasteiger partial charge in [-0.3, -0.25) is 9.69 Å². The van der Waals surface area contributed by atoms with E-state index in [1.807, 2.05) is 0 Å². The Morgan fingerprint density at radius 3 is 2.95 bits per heavy atom. The summed E-state index contributed by atoms with van der Waals surface area (Å²) in [6.07, 6.45) is 3.25. The molecule has 0 radical (unpaired) electrons. The molecule has 1 aromatic carbocycles. The smallest absolute Gasteiger partial charge is 0.266 e. The average Bonchev–Trinajstić information content (AvgIpc) is 2.63. The summed E-state index contributed by atoms with van der Waals surface area (Å²) < 4.78 is 0.493. The highest BCUT2D eigenvalue weighted by atomic mass is 35.5. The minimum Gasteiger partial charge on any atom is -0.506 e. The van der Waals surface area contributed by atoms with Crippen molar-refractivity contribution in [1.82, 2.24) is 4.90 Å². The van der Waals surface area contributed by atoms with Crippen LogP contribution in [-0.2, 0) is 4.79 Å². The molecular formula is C13H10ClNO2S2. The van der Waals surface area contributed by atoms with Crippen molar-refractivity contribution < 1.29 is 9.90 Å². The molecule has 1 heterocycles. The van der Waals surface area contributed by atoms with E-state index in [1.54, 1.807) is 24.3 Å². The zero-order valence-electron chi connectivity index (χ0n) is 9.80. The molecule has 1 aliphatic heterocycles. The first kappa shape index (κ1) is 14.1. The Bertz CT molecular complexity index is 598. The van der Waals surface area contributed by atoms with Gasteiger partial charge in [0.25, 0.3) is 5.91 Å². The normalized spacial score (nSPS) is 17.3. The molecule has 2 rings (SSSR count).